The SMILES string of the molecule is CC(=O)Cc1cc(/C=C/C(=O)N=[N+]=[N-])ccc1Cl. The molecule has 0 radical (unpaired) electrons. The predicted molar refractivity (Wildman–Crippen MR) is 69.0 cm³/mol. The minimum absolute atomic E-state index is 0.00295. The Labute approximate surface area is 109 Å². The Bertz CT molecular complexity index is 560. The van der Waals surface area contributed by atoms with E-state index in [1.54, 1.807) is 18.2 Å². The fourth-order valence-corrected chi connectivity index (χ4v) is 1.53. The summed E-state index contributed by atoms with van der Waals surface area (Å²) in [6, 6.07) is 5.06. The molecule has 0 aliphatic heterocycles. The van der Waals surface area contributed by atoms with Gasteiger partial charge in [-0.15, -0.1) is 0 Å². The second-order valence-electron chi connectivity index (χ2n) is 3.59. The van der Waals surface area contributed by atoms with Crippen molar-refractivity contribution in [1.82, 2.24) is 0 Å². The van der Waals surface area contributed by atoms with E-state index in [9.17, 15) is 9.59 Å². The van der Waals surface area contributed by atoms with Gasteiger partial charge in [0, 0.05) is 16.4 Å². The van der Waals surface area contributed by atoms with Gasteiger partial charge < -0.3 is 0 Å². The molecule has 6 heteroatoms. The molecule has 0 fully saturated rings. The molecule has 0 spiro atoms. The molecule has 18 heavy (non-hydrogen) atoms. The predicted octanol–water partition coefficient (Wildman–Crippen LogP) is 3.32. The van der Waals surface area contributed by atoms with Crippen molar-refractivity contribution in [2.75, 3.05) is 0 Å². The fraction of sp³-hybridized carbons (Fsp3) is 0.167. The van der Waals surface area contributed by atoms with Crippen LogP contribution in [-0.2, 0) is 16.0 Å². The normalized spacial score (nSPS) is 10.1. The lowest BCUT2D eigenvalue weighted by atomic mass is 10.1. The number of benzene rings is 1. The van der Waals surface area contributed by atoms with Crippen LogP contribution in [0.2, 0.25) is 5.02 Å². The molecular formula is C12H10ClN3O2. The zero-order valence-corrected chi connectivity index (χ0v) is 10.4. The second-order valence-corrected chi connectivity index (χ2v) is 4.00. The lowest BCUT2D eigenvalue weighted by Crippen LogP contribution is -1.97. The largest absolute Gasteiger partial charge is 0.300 e. The first kappa shape index (κ1) is 14.0. The maximum Gasteiger partial charge on any atom is 0.242 e. The fourth-order valence-electron chi connectivity index (χ4n) is 1.35. The molecule has 1 aromatic carbocycles. The van der Waals surface area contributed by atoms with Crippen LogP contribution >= 0.6 is 11.6 Å². The Morgan fingerprint density at radius 2 is 2.22 bits per heavy atom. The third kappa shape index (κ3) is 4.41. The first-order chi connectivity index (χ1) is 8.52. The van der Waals surface area contributed by atoms with Gasteiger partial charge in [-0.3, -0.25) is 9.59 Å². The van der Waals surface area contributed by atoms with Crippen molar-refractivity contribution < 1.29 is 9.59 Å². The van der Waals surface area contributed by atoms with Crippen molar-refractivity contribution in [3.63, 3.8) is 0 Å². The molecule has 1 rings (SSSR count). The molecule has 0 aliphatic carbocycles. The number of halogens is 1. The van der Waals surface area contributed by atoms with Crippen LogP contribution in [0.15, 0.2) is 29.4 Å². The van der Waals surface area contributed by atoms with Crippen molar-refractivity contribution in [2.24, 2.45) is 5.11 Å². The van der Waals surface area contributed by atoms with Gasteiger partial charge >= 0.3 is 0 Å². The third-order valence-corrected chi connectivity index (χ3v) is 2.44. The third-order valence-electron chi connectivity index (χ3n) is 2.07. The van der Waals surface area contributed by atoms with Gasteiger partial charge in [0.25, 0.3) is 0 Å². The van der Waals surface area contributed by atoms with Gasteiger partial charge in [0.1, 0.15) is 5.78 Å². The van der Waals surface area contributed by atoms with E-state index in [2.05, 4.69) is 10.0 Å². The van der Waals surface area contributed by atoms with Gasteiger partial charge in [-0.1, -0.05) is 23.7 Å². The van der Waals surface area contributed by atoms with Crippen LogP contribution in [-0.4, -0.2) is 11.7 Å². The standard InChI is InChI=1S/C12H10ClN3O2/c1-8(17)6-10-7-9(2-4-11(10)13)3-5-12(18)15-16-14/h2-5,7H,6H2,1H3/b5-3+. The van der Waals surface area contributed by atoms with Crippen molar-refractivity contribution in [2.45, 2.75) is 13.3 Å². The van der Waals surface area contributed by atoms with E-state index in [1.165, 1.54) is 13.0 Å². The molecule has 0 heterocycles. The number of carbonyl (C=O) groups is 2. The molecule has 0 saturated carbocycles. The van der Waals surface area contributed by atoms with Gasteiger partial charge in [0.05, 0.1) is 0 Å². The molecule has 0 bridgehead atoms. The van der Waals surface area contributed by atoms with E-state index in [0.29, 0.717) is 16.1 Å². The van der Waals surface area contributed by atoms with Crippen LogP contribution in [0.1, 0.15) is 18.1 Å². The maximum atomic E-state index is 11.0. The summed E-state index contributed by atoms with van der Waals surface area (Å²) < 4.78 is 0. The Balaban J connectivity index is 2.94. The highest BCUT2D eigenvalue weighted by atomic mass is 35.5. The minimum atomic E-state index is -0.680. The van der Waals surface area contributed by atoms with Crippen LogP contribution in [0.3, 0.4) is 0 Å². The molecule has 0 saturated heterocycles. The van der Waals surface area contributed by atoms with E-state index in [1.807, 2.05) is 0 Å². The summed E-state index contributed by atoms with van der Waals surface area (Å²) in [4.78, 5) is 24.4. The summed E-state index contributed by atoms with van der Waals surface area (Å²) in [5.41, 5.74) is 9.46. The van der Waals surface area contributed by atoms with E-state index in [0.717, 1.165) is 6.08 Å². The molecule has 0 N–H and O–H groups in total. The van der Waals surface area contributed by atoms with Crippen LogP contribution in [0, 0.1) is 0 Å². The highest BCUT2D eigenvalue weighted by molar-refractivity contribution is 6.31. The number of amides is 1. The van der Waals surface area contributed by atoms with Crippen molar-refractivity contribution in [3.05, 3.63) is 50.9 Å². The molecule has 92 valence electrons. The quantitative estimate of drug-likeness (QED) is 0.361. The maximum absolute atomic E-state index is 11.0. The van der Waals surface area contributed by atoms with Crippen LogP contribution < -0.4 is 0 Å². The molecule has 0 atom stereocenters. The zero-order valence-electron chi connectivity index (χ0n) is 9.63. The zero-order chi connectivity index (χ0) is 13.5. The lowest BCUT2D eigenvalue weighted by molar-refractivity contribution is -0.116. The smallest absolute Gasteiger partial charge is 0.242 e. The van der Waals surface area contributed by atoms with Gasteiger partial charge in [-0.25, -0.2) is 0 Å². The summed E-state index contributed by atoms with van der Waals surface area (Å²) in [7, 11) is 0. The molecule has 0 aliphatic rings. The first-order valence-electron chi connectivity index (χ1n) is 5.08. The van der Waals surface area contributed by atoms with Gasteiger partial charge in [-0.05, 0) is 46.9 Å². The van der Waals surface area contributed by atoms with Gasteiger partial charge in [0.2, 0.25) is 5.91 Å². The molecule has 5 nitrogen and oxygen atoms in total. The van der Waals surface area contributed by atoms with E-state index >= 15 is 0 Å². The Kier molecular flexibility index (Phi) is 5.11. The Morgan fingerprint density at radius 1 is 1.50 bits per heavy atom. The van der Waals surface area contributed by atoms with E-state index < -0.39 is 5.91 Å². The van der Waals surface area contributed by atoms with Crippen molar-refractivity contribution >= 4 is 29.4 Å². The number of Topliss-reactive ketones (excluding diaryl/α,β-unsaturated/α-hetero) is 1. The summed E-state index contributed by atoms with van der Waals surface area (Å²) >= 11 is 5.94. The molecule has 0 aromatic heterocycles. The number of hydrogen-bond acceptors (Lipinski definition) is 2. The number of carbonyl (C=O) groups excluding carboxylic acids is 2. The summed E-state index contributed by atoms with van der Waals surface area (Å²) in [5.74, 6) is -0.677. The average molecular weight is 264 g/mol. The molecule has 1 amide bonds. The summed E-state index contributed by atoms with van der Waals surface area (Å²) in [6.07, 6.45) is 2.89. The van der Waals surface area contributed by atoms with Crippen LogP contribution in [0.25, 0.3) is 16.5 Å². The van der Waals surface area contributed by atoms with Gasteiger partial charge in [0.15, 0.2) is 0 Å². The lowest BCUT2D eigenvalue weighted by Gasteiger charge is -2.03. The highest BCUT2D eigenvalue weighted by Gasteiger charge is 2.04. The number of azide groups is 1. The topological polar surface area (TPSA) is 82.9 Å². The Morgan fingerprint density at radius 3 is 2.83 bits per heavy atom. The van der Waals surface area contributed by atoms with E-state index in [4.69, 9.17) is 17.1 Å². The average Bonchev–Trinajstić information content (AvgIpc) is 2.30. The van der Waals surface area contributed by atoms with E-state index in [-0.39, 0.29) is 12.2 Å². The summed E-state index contributed by atoms with van der Waals surface area (Å²) in [5, 5.41) is 3.41. The first-order valence-corrected chi connectivity index (χ1v) is 5.45. The highest BCUT2D eigenvalue weighted by Crippen LogP contribution is 2.19. The molecule has 0 unspecified atom stereocenters. The molecule has 1 aromatic rings. The van der Waals surface area contributed by atoms with Crippen LogP contribution in [0.4, 0.5) is 0 Å². The summed E-state index contributed by atoms with van der Waals surface area (Å²) in [6.45, 7) is 1.48. The Hall–Kier alpha value is -2.10. The number of nitrogens with zero attached hydrogens (tertiary/aromatic N) is 3. The van der Waals surface area contributed by atoms with Crippen molar-refractivity contribution in [1.29, 1.82) is 0 Å². The van der Waals surface area contributed by atoms with Gasteiger partial charge in [-0.2, -0.15) is 0 Å². The minimum Gasteiger partial charge on any atom is -0.300 e. The number of ketones is 1. The molecular weight excluding hydrogens is 254 g/mol. The number of hydrogen-bond donors (Lipinski definition) is 0. The van der Waals surface area contributed by atoms with Crippen LogP contribution in [0.5, 0.6) is 0 Å². The monoisotopic (exact) mass is 263 g/mol. The van der Waals surface area contributed by atoms with Crippen molar-refractivity contribution in [3.8, 4) is 0 Å². The number of rotatable bonds is 4. The second kappa shape index (κ2) is 6.59.